The van der Waals surface area contributed by atoms with Crippen molar-refractivity contribution in [3.05, 3.63) is 22.5 Å². The van der Waals surface area contributed by atoms with E-state index in [2.05, 4.69) is 10.4 Å². The quantitative estimate of drug-likeness (QED) is 0.806. The number of amides is 1. The smallest absolute Gasteiger partial charge is 0.244 e. The largest absolute Gasteiger partial charge is 0.391 e. The van der Waals surface area contributed by atoms with Gasteiger partial charge in [0.15, 0.2) is 0 Å². The molecule has 0 saturated carbocycles. The van der Waals surface area contributed by atoms with Gasteiger partial charge >= 0.3 is 0 Å². The standard InChI is InChI=1S/C13H20ClN3O2/c1-8(2)11(18)7-15-12(19)6-5-10-9(3)16-17(4)13(10)14/h5-6,8,11,18H,7H2,1-4H3,(H,15,19)/b6-5+. The first-order valence-corrected chi connectivity index (χ1v) is 6.53. The van der Waals surface area contributed by atoms with Crippen LogP contribution < -0.4 is 5.32 Å². The van der Waals surface area contributed by atoms with Gasteiger partial charge in [-0.1, -0.05) is 25.4 Å². The molecule has 1 amide bonds. The highest BCUT2D eigenvalue weighted by Gasteiger charge is 2.10. The van der Waals surface area contributed by atoms with E-state index >= 15 is 0 Å². The van der Waals surface area contributed by atoms with E-state index in [1.54, 1.807) is 17.8 Å². The molecular formula is C13H20ClN3O2. The fourth-order valence-corrected chi connectivity index (χ4v) is 1.73. The summed E-state index contributed by atoms with van der Waals surface area (Å²) in [6.45, 7) is 5.85. The van der Waals surface area contributed by atoms with Crippen LogP contribution in [0.3, 0.4) is 0 Å². The Kier molecular flexibility index (Phi) is 5.57. The highest BCUT2D eigenvalue weighted by atomic mass is 35.5. The Hall–Kier alpha value is -1.33. The number of aromatic nitrogens is 2. The van der Waals surface area contributed by atoms with E-state index in [1.165, 1.54) is 6.08 Å². The van der Waals surface area contributed by atoms with Gasteiger partial charge in [0.05, 0.1) is 11.8 Å². The van der Waals surface area contributed by atoms with Gasteiger partial charge in [-0.3, -0.25) is 9.48 Å². The van der Waals surface area contributed by atoms with Gasteiger partial charge in [0.25, 0.3) is 0 Å². The number of hydrogen-bond acceptors (Lipinski definition) is 3. The van der Waals surface area contributed by atoms with Crippen LogP contribution in [0.2, 0.25) is 5.15 Å². The Morgan fingerprint density at radius 2 is 2.21 bits per heavy atom. The Balaban J connectivity index is 2.59. The molecule has 1 atom stereocenters. The third-order valence-corrected chi connectivity index (χ3v) is 3.30. The van der Waals surface area contributed by atoms with Gasteiger partial charge in [0, 0.05) is 25.2 Å². The van der Waals surface area contributed by atoms with Crippen molar-refractivity contribution < 1.29 is 9.90 Å². The molecule has 1 rings (SSSR count). The van der Waals surface area contributed by atoms with Crippen molar-refractivity contribution in [2.24, 2.45) is 13.0 Å². The summed E-state index contributed by atoms with van der Waals surface area (Å²) in [4.78, 5) is 11.6. The van der Waals surface area contributed by atoms with E-state index in [0.29, 0.717) is 5.15 Å². The molecule has 0 saturated heterocycles. The maximum absolute atomic E-state index is 11.6. The van der Waals surface area contributed by atoms with Crippen molar-refractivity contribution in [3.8, 4) is 0 Å². The van der Waals surface area contributed by atoms with Crippen molar-refractivity contribution in [2.75, 3.05) is 6.54 Å². The van der Waals surface area contributed by atoms with Crippen molar-refractivity contribution in [2.45, 2.75) is 26.9 Å². The van der Waals surface area contributed by atoms with Crippen LogP contribution >= 0.6 is 11.6 Å². The average molecular weight is 286 g/mol. The molecule has 0 fully saturated rings. The van der Waals surface area contributed by atoms with Crippen LogP contribution in [0.4, 0.5) is 0 Å². The molecule has 2 N–H and O–H groups in total. The molecule has 1 aromatic rings. The molecule has 0 spiro atoms. The number of nitrogens with one attached hydrogen (secondary N) is 1. The summed E-state index contributed by atoms with van der Waals surface area (Å²) in [5.74, 6) is -0.154. The fraction of sp³-hybridized carbons (Fsp3) is 0.538. The number of halogens is 1. The lowest BCUT2D eigenvalue weighted by molar-refractivity contribution is -0.117. The predicted octanol–water partition coefficient (Wildman–Crippen LogP) is 1.53. The van der Waals surface area contributed by atoms with Crippen LogP contribution in [0.15, 0.2) is 6.08 Å². The monoisotopic (exact) mass is 285 g/mol. The van der Waals surface area contributed by atoms with Crippen LogP contribution in [-0.2, 0) is 11.8 Å². The Bertz CT molecular complexity index is 480. The van der Waals surface area contributed by atoms with Crippen LogP contribution in [0.1, 0.15) is 25.1 Å². The molecule has 0 aliphatic carbocycles. The van der Waals surface area contributed by atoms with E-state index in [1.807, 2.05) is 20.8 Å². The SMILES string of the molecule is Cc1nn(C)c(Cl)c1/C=C/C(=O)NCC(O)C(C)C. The Morgan fingerprint density at radius 1 is 1.58 bits per heavy atom. The van der Waals surface area contributed by atoms with Crippen molar-refractivity contribution in [1.29, 1.82) is 0 Å². The van der Waals surface area contributed by atoms with Crippen molar-refractivity contribution in [3.63, 3.8) is 0 Å². The minimum atomic E-state index is -0.541. The number of aliphatic hydroxyl groups excluding tert-OH is 1. The molecule has 0 radical (unpaired) electrons. The summed E-state index contributed by atoms with van der Waals surface area (Å²) >= 11 is 6.04. The van der Waals surface area contributed by atoms with Crippen LogP contribution in [-0.4, -0.2) is 33.4 Å². The number of rotatable bonds is 5. The lowest BCUT2D eigenvalue weighted by Gasteiger charge is -2.13. The number of carbonyl (C=O) groups excluding carboxylic acids is 1. The summed E-state index contributed by atoms with van der Waals surface area (Å²) in [5.41, 5.74) is 1.49. The second-order valence-electron chi connectivity index (χ2n) is 4.80. The van der Waals surface area contributed by atoms with Crippen LogP contribution in [0, 0.1) is 12.8 Å². The highest BCUT2D eigenvalue weighted by Crippen LogP contribution is 2.19. The molecule has 5 nitrogen and oxygen atoms in total. The normalized spacial score (nSPS) is 13.2. The molecule has 6 heteroatoms. The third-order valence-electron chi connectivity index (χ3n) is 2.85. The highest BCUT2D eigenvalue weighted by molar-refractivity contribution is 6.31. The number of aryl methyl sites for hydroxylation is 2. The second kappa shape index (κ2) is 6.73. The van der Waals surface area contributed by atoms with Crippen LogP contribution in [0.25, 0.3) is 6.08 Å². The minimum Gasteiger partial charge on any atom is -0.391 e. The fourth-order valence-electron chi connectivity index (χ4n) is 1.49. The summed E-state index contributed by atoms with van der Waals surface area (Å²) in [7, 11) is 1.74. The lowest BCUT2D eigenvalue weighted by Crippen LogP contribution is -2.33. The maximum atomic E-state index is 11.6. The first-order valence-electron chi connectivity index (χ1n) is 6.16. The zero-order chi connectivity index (χ0) is 14.6. The van der Waals surface area contributed by atoms with Gasteiger partial charge in [0.2, 0.25) is 5.91 Å². The minimum absolute atomic E-state index is 0.110. The summed E-state index contributed by atoms with van der Waals surface area (Å²) in [6, 6.07) is 0. The molecule has 0 aliphatic heterocycles. The van der Waals surface area contributed by atoms with E-state index in [4.69, 9.17) is 11.6 Å². The molecule has 1 aromatic heterocycles. The zero-order valence-electron chi connectivity index (χ0n) is 11.6. The van der Waals surface area contributed by atoms with Crippen LogP contribution in [0.5, 0.6) is 0 Å². The Labute approximate surface area is 118 Å². The van der Waals surface area contributed by atoms with Gasteiger partial charge in [-0.15, -0.1) is 0 Å². The molecular weight excluding hydrogens is 266 g/mol. The first-order chi connectivity index (χ1) is 8.82. The summed E-state index contributed by atoms with van der Waals surface area (Å²) in [5, 5.41) is 16.8. The molecule has 0 aromatic carbocycles. The first kappa shape index (κ1) is 15.7. The Morgan fingerprint density at radius 3 is 2.68 bits per heavy atom. The van der Waals surface area contributed by atoms with E-state index in [0.717, 1.165) is 11.3 Å². The van der Waals surface area contributed by atoms with Crippen molar-refractivity contribution in [1.82, 2.24) is 15.1 Å². The second-order valence-corrected chi connectivity index (χ2v) is 5.16. The number of aliphatic hydroxyl groups is 1. The summed E-state index contributed by atoms with van der Waals surface area (Å²) < 4.78 is 1.55. The predicted molar refractivity (Wildman–Crippen MR) is 75.8 cm³/mol. The van der Waals surface area contributed by atoms with E-state index in [-0.39, 0.29) is 18.4 Å². The zero-order valence-corrected chi connectivity index (χ0v) is 12.4. The number of nitrogens with zero attached hydrogens (tertiary/aromatic N) is 2. The van der Waals surface area contributed by atoms with Gasteiger partial charge in [-0.05, 0) is 18.9 Å². The molecule has 1 heterocycles. The van der Waals surface area contributed by atoms with Gasteiger partial charge < -0.3 is 10.4 Å². The van der Waals surface area contributed by atoms with Gasteiger partial charge in [-0.25, -0.2) is 0 Å². The number of carbonyl (C=O) groups is 1. The third kappa shape index (κ3) is 4.36. The average Bonchev–Trinajstić information content (AvgIpc) is 2.58. The van der Waals surface area contributed by atoms with E-state index in [9.17, 15) is 9.90 Å². The molecule has 0 bridgehead atoms. The molecule has 0 aliphatic rings. The molecule has 106 valence electrons. The van der Waals surface area contributed by atoms with Crippen molar-refractivity contribution >= 4 is 23.6 Å². The summed E-state index contributed by atoms with van der Waals surface area (Å²) in [6.07, 6.45) is 2.48. The van der Waals surface area contributed by atoms with Gasteiger partial charge in [-0.2, -0.15) is 5.10 Å². The lowest BCUT2D eigenvalue weighted by atomic mass is 10.1. The topological polar surface area (TPSA) is 67.2 Å². The van der Waals surface area contributed by atoms with Gasteiger partial charge in [0.1, 0.15) is 5.15 Å². The number of hydrogen-bond donors (Lipinski definition) is 2. The molecule has 1 unspecified atom stereocenters. The maximum Gasteiger partial charge on any atom is 0.244 e. The van der Waals surface area contributed by atoms with E-state index < -0.39 is 6.10 Å². The molecule has 19 heavy (non-hydrogen) atoms.